The van der Waals surface area contributed by atoms with Crippen molar-refractivity contribution in [1.82, 2.24) is 24.4 Å². The SMILES string of the molecule is Cc1nc2c(N3C[C@@H](C)N(C(c4ccc(Cl)cc4)c4ccc(Cl)cc4)C[C@@H]3C)nc(NN)nc2n1C[C@@H]1CCCO1. The van der Waals surface area contributed by atoms with Gasteiger partial charge in [0, 0.05) is 41.8 Å². The van der Waals surface area contributed by atoms with Gasteiger partial charge in [-0.3, -0.25) is 10.3 Å². The van der Waals surface area contributed by atoms with E-state index in [0.717, 1.165) is 65.4 Å². The second-order valence-corrected chi connectivity index (χ2v) is 12.0. The fourth-order valence-electron chi connectivity index (χ4n) is 6.24. The van der Waals surface area contributed by atoms with Crippen molar-refractivity contribution in [1.29, 1.82) is 0 Å². The number of aryl methyl sites for hydroxylation is 1. The van der Waals surface area contributed by atoms with Crippen molar-refractivity contribution < 1.29 is 4.74 Å². The van der Waals surface area contributed by atoms with Gasteiger partial charge >= 0.3 is 0 Å². The molecule has 4 aromatic rings. The van der Waals surface area contributed by atoms with Crippen LogP contribution in [0.2, 0.25) is 10.0 Å². The summed E-state index contributed by atoms with van der Waals surface area (Å²) in [4.78, 5) is 19.4. The van der Waals surface area contributed by atoms with E-state index in [-0.39, 0.29) is 24.2 Å². The lowest BCUT2D eigenvalue weighted by Crippen LogP contribution is -2.57. The molecule has 3 N–H and O–H groups in total. The molecule has 0 aliphatic carbocycles. The molecular formula is C30H36Cl2N8O. The van der Waals surface area contributed by atoms with Crippen molar-refractivity contribution in [2.75, 3.05) is 30.0 Å². The largest absolute Gasteiger partial charge is 0.376 e. The molecule has 2 aromatic carbocycles. The zero-order chi connectivity index (χ0) is 28.7. The number of rotatable bonds is 7. The molecule has 2 aromatic heterocycles. The number of halogens is 2. The van der Waals surface area contributed by atoms with Gasteiger partial charge in [-0.1, -0.05) is 47.5 Å². The van der Waals surface area contributed by atoms with E-state index in [1.54, 1.807) is 0 Å². The minimum absolute atomic E-state index is 0.0451. The molecule has 9 nitrogen and oxygen atoms in total. The number of nitrogens with two attached hydrogens (primary N) is 1. The Labute approximate surface area is 250 Å². The second kappa shape index (κ2) is 11.7. The molecule has 3 atom stereocenters. The summed E-state index contributed by atoms with van der Waals surface area (Å²) < 4.78 is 8.06. The van der Waals surface area contributed by atoms with Crippen LogP contribution in [0.25, 0.3) is 11.2 Å². The van der Waals surface area contributed by atoms with E-state index < -0.39 is 0 Å². The predicted octanol–water partition coefficient (Wildman–Crippen LogP) is 5.59. The maximum atomic E-state index is 6.26. The Morgan fingerprint density at radius 1 is 0.951 bits per heavy atom. The number of hydrazine groups is 1. The summed E-state index contributed by atoms with van der Waals surface area (Å²) in [5, 5.41) is 1.45. The van der Waals surface area contributed by atoms with E-state index in [1.165, 1.54) is 11.1 Å². The first-order chi connectivity index (χ1) is 19.8. The highest BCUT2D eigenvalue weighted by Crippen LogP contribution is 2.37. The molecule has 41 heavy (non-hydrogen) atoms. The Hall–Kier alpha value is -2.95. The van der Waals surface area contributed by atoms with E-state index in [0.29, 0.717) is 12.5 Å². The topological polar surface area (TPSA) is 97.4 Å². The summed E-state index contributed by atoms with van der Waals surface area (Å²) in [6, 6.07) is 16.7. The van der Waals surface area contributed by atoms with E-state index >= 15 is 0 Å². The summed E-state index contributed by atoms with van der Waals surface area (Å²) in [5.74, 6) is 7.93. The van der Waals surface area contributed by atoms with Crippen molar-refractivity contribution in [3.05, 3.63) is 75.5 Å². The smallest absolute Gasteiger partial charge is 0.241 e. The average molecular weight is 596 g/mol. The molecule has 2 aliphatic heterocycles. The molecule has 0 saturated carbocycles. The van der Waals surface area contributed by atoms with Gasteiger partial charge in [-0.15, -0.1) is 0 Å². The molecule has 11 heteroatoms. The number of imidazole rings is 1. The van der Waals surface area contributed by atoms with Crippen molar-refractivity contribution in [2.24, 2.45) is 5.84 Å². The van der Waals surface area contributed by atoms with Gasteiger partial charge in [-0.2, -0.15) is 9.97 Å². The first kappa shape index (κ1) is 28.2. The fourth-order valence-corrected chi connectivity index (χ4v) is 6.50. The first-order valence-corrected chi connectivity index (χ1v) is 14.9. The summed E-state index contributed by atoms with van der Waals surface area (Å²) in [5.41, 5.74) is 6.62. The van der Waals surface area contributed by atoms with Gasteiger partial charge in [-0.05, 0) is 69.0 Å². The van der Waals surface area contributed by atoms with Crippen LogP contribution in [-0.4, -0.2) is 62.3 Å². The number of ether oxygens (including phenoxy) is 1. The minimum Gasteiger partial charge on any atom is -0.376 e. The summed E-state index contributed by atoms with van der Waals surface area (Å²) >= 11 is 12.5. The Kier molecular flexibility index (Phi) is 8.07. The molecule has 2 aliphatic rings. The molecule has 2 fully saturated rings. The third-order valence-corrected chi connectivity index (χ3v) is 8.82. The number of benzene rings is 2. The number of fused-ring (bicyclic) bond motifs is 1. The van der Waals surface area contributed by atoms with E-state index in [2.05, 4.69) is 57.9 Å². The van der Waals surface area contributed by atoms with Crippen molar-refractivity contribution in [2.45, 2.75) is 64.4 Å². The highest BCUT2D eigenvalue weighted by molar-refractivity contribution is 6.30. The van der Waals surface area contributed by atoms with Crippen LogP contribution in [0, 0.1) is 6.92 Å². The second-order valence-electron chi connectivity index (χ2n) is 11.1. The Morgan fingerprint density at radius 2 is 1.61 bits per heavy atom. The van der Waals surface area contributed by atoms with Crippen LogP contribution in [0.5, 0.6) is 0 Å². The molecular weight excluding hydrogens is 559 g/mol. The summed E-state index contributed by atoms with van der Waals surface area (Å²) in [6.07, 6.45) is 2.29. The Balaban J connectivity index is 1.35. The number of anilines is 2. The van der Waals surface area contributed by atoms with Crippen LogP contribution in [0.3, 0.4) is 0 Å². The average Bonchev–Trinajstić information content (AvgIpc) is 3.60. The van der Waals surface area contributed by atoms with Crippen LogP contribution in [0.4, 0.5) is 11.8 Å². The zero-order valence-corrected chi connectivity index (χ0v) is 25.1. The minimum atomic E-state index is 0.0451. The third kappa shape index (κ3) is 5.61. The van der Waals surface area contributed by atoms with E-state index in [1.807, 2.05) is 31.2 Å². The number of hydrogen-bond donors (Lipinski definition) is 2. The number of nitrogens with one attached hydrogen (secondary N) is 1. The Bertz CT molecular complexity index is 1460. The maximum absolute atomic E-state index is 6.26. The lowest BCUT2D eigenvalue weighted by Gasteiger charge is -2.48. The number of aromatic nitrogens is 4. The molecule has 4 heterocycles. The fraction of sp³-hybridized carbons (Fsp3) is 0.433. The molecule has 2 saturated heterocycles. The molecule has 216 valence electrons. The van der Waals surface area contributed by atoms with Crippen LogP contribution < -0.4 is 16.2 Å². The van der Waals surface area contributed by atoms with Gasteiger partial charge in [0.25, 0.3) is 0 Å². The van der Waals surface area contributed by atoms with Gasteiger partial charge in [0.05, 0.1) is 18.7 Å². The van der Waals surface area contributed by atoms with E-state index in [9.17, 15) is 0 Å². The number of hydrogen-bond acceptors (Lipinski definition) is 8. The molecule has 0 spiro atoms. The van der Waals surface area contributed by atoms with E-state index in [4.69, 9.17) is 48.7 Å². The van der Waals surface area contributed by atoms with Crippen LogP contribution >= 0.6 is 23.2 Å². The monoisotopic (exact) mass is 594 g/mol. The normalized spacial score (nSPS) is 21.7. The van der Waals surface area contributed by atoms with Crippen molar-refractivity contribution in [3.8, 4) is 0 Å². The summed E-state index contributed by atoms with van der Waals surface area (Å²) in [6.45, 7) is 9.60. The molecule has 6 rings (SSSR count). The van der Waals surface area contributed by atoms with Gasteiger partial charge in [0.2, 0.25) is 5.95 Å². The highest BCUT2D eigenvalue weighted by Gasteiger charge is 2.37. The van der Waals surface area contributed by atoms with Crippen molar-refractivity contribution in [3.63, 3.8) is 0 Å². The standard InChI is InChI=1S/C30H36Cl2N8O/c1-18-16-39(28-26-29(36-30(35-28)37-33)40(20(3)34-26)17-25-5-4-14-41-25)19(2)15-38(18)27(21-6-10-23(31)11-7-21)22-8-12-24(32)13-9-22/h6-13,18-19,25,27H,4-5,14-17,33H2,1-3H3,(H,35,36,37)/t18-,19+,25+/m1/s1. The molecule has 0 amide bonds. The molecule has 0 unspecified atom stereocenters. The lowest BCUT2D eigenvalue weighted by atomic mass is 9.93. The van der Waals surface area contributed by atoms with Crippen LogP contribution in [0.1, 0.15) is 49.7 Å². The number of nitrogens with zero attached hydrogens (tertiary/aromatic N) is 6. The van der Waals surface area contributed by atoms with Gasteiger partial charge in [0.1, 0.15) is 5.82 Å². The molecule has 0 bridgehead atoms. The van der Waals surface area contributed by atoms with Crippen molar-refractivity contribution >= 4 is 46.1 Å². The number of piperazine rings is 1. The number of nitrogen functional groups attached to an aromatic ring is 1. The van der Waals surface area contributed by atoms with Gasteiger partial charge < -0.3 is 14.2 Å². The van der Waals surface area contributed by atoms with Crippen LogP contribution in [0.15, 0.2) is 48.5 Å². The Morgan fingerprint density at radius 3 is 2.20 bits per heavy atom. The highest BCUT2D eigenvalue weighted by atomic mass is 35.5. The quantitative estimate of drug-likeness (QED) is 0.211. The zero-order valence-electron chi connectivity index (χ0n) is 23.6. The third-order valence-electron chi connectivity index (χ3n) is 8.32. The maximum Gasteiger partial charge on any atom is 0.241 e. The molecule has 0 radical (unpaired) electrons. The van der Waals surface area contributed by atoms with Gasteiger partial charge in [0.15, 0.2) is 17.0 Å². The first-order valence-electron chi connectivity index (χ1n) is 14.2. The van der Waals surface area contributed by atoms with Gasteiger partial charge in [-0.25, -0.2) is 10.8 Å². The summed E-state index contributed by atoms with van der Waals surface area (Å²) in [7, 11) is 0. The predicted molar refractivity (Wildman–Crippen MR) is 165 cm³/mol. The lowest BCUT2D eigenvalue weighted by molar-refractivity contribution is 0.0973. The van der Waals surface area contributed by atoms with Crippen LogP contribution in [-0.2, 0) is 11.3 Å².